The van der Waals surface area contributed by atoms with E-state index in [0.29, 0.717) is 6.54 Å². The van der Waals surface area contributed by atoms with Gasteiger partial charge in [-0.3, -0.25) is 4.79 Å². The lowest BCUT2D eigenvalue weighted by Crippen LogP contribution is -2.42. The molecule has 0 heterocycles. The molecule has 0 spiro atoms. The maximum atomic E-state index is 11.6. The number of rotatable bonds is 9. The van der Waals surface area contributed by atoms with Crippen LogP contribution >= 0.6 is 0 Å². The molecule has 0 aromatic heterocycles. The fourth-order valence-electron chi connectivity index (χ4n) is 1.64. The molecule has 17 heavy (non-hydrogen) atoms. The van der Waals surface area contributed by atoms with Crippen molar-refractivity contribution in [1.29, 1.82) is 0 Å². The van der Waals surface area contributed by atoms with E-state index in [1.54, 1.807) is 0 Å². The van der Waals surface area contributed by atoms with Gasteiger partial charge < -0.3 is 15.2 Å². The van der Waals surface area contributed by atoms with Crippen molar-refractivity contribution in [2.45, 2.75) is 52.5 Å². The SMILES string of the molecule is CCCCC(NCC(C)(C)CCO)C(=O)OC. The number of methoxy groups -OCH3 is 1. The topological polar surface area (TPSA) is 58.6 Å². The third kappa shape index (κ3) is 7.34. The molecule has 1 unspecified atom stereocenters. The minimum Gasteiger partial charge on any atom is -0.468 e. The maximum Gasteiger partial charge on any atom is 0.322 e. The van der Waals surface area contributed by atoms with Crippen molar-refractivity contribution in [3.8, 4) is 0 Å². The van der Waals surface area contributed by atoms with Gasteiger partial charge in [0.25, 0.3) is 0 Å². The quantitative estimate of drug-likeness (QED) is 0.607. The van der Waals surface area contributed by atoms with Gasteiger partial charge in [-0.1, -0.05) is 33.6 Å². The zero-order valence-electron chi connectivity index (χ0n) is 11.6. The molecule has 0 aliphatic rings. The smallest absolute Gasteiger partial charge is 0.322 e. The lowest BCUT2D eigenvalue weighted by Gasteiger charge is -2.26. The van der Waals surface area contributed by atoms with Gasteiger partial charge in [0, 0.05) is 13.2 Å². The summed E-state index contributed by atoms with van der Waals surface area (Å²) in [6.45, 7) is 7.13. The zero-order valence-corrected chi connectivity index (χ0v) is 11.6. The van der Waals surface area contributed by atoms with Crippen molar-refractivity contribution >= 4 is 5.97 Å². The molecule has 0 aromatic rings. The average molecular weight is 245 g/mol. The molecule has 1 atom stereocenters. The van der Waals surface area contributed by atoms with E-state index in [-0.39, 0.29) is 24.0 Å². The third-order valence-electron chi connectivity index (χ3n) is 2.95. The number of unbranched alkanes of at least 4 members (excludes halogenated alkanes) is 1. The van der Waals surface area contributed by atoms with Crippen LogP contribution in [0.1, 0.15) is 46.5 Å². The monoisotopic (exact) mass is 245 g/mol. The first-order valence-corrected chi connectivity index (χ1v) is 6.39. The highest BCUT2D eigenvalue weighted by Gasteiger charge is 2.23. The first kappa shape index (κ1) is 16.4. The van der Waals surface area contributed by atoms with E-state index in [9.17, 15) is 4.79 Å². The van der Waals surface area contributed by atoms with Gasteiger partial charge in [0.05, 0.1) is 7.11 Å². The number of aliphatic hydroxyl groups is 1. The van der Waals surface area contributed by atoms with Gasteiger partial charge in [0.15, 0.2) is 0 Å². The predicted octanol–water partition coefficient (Wildman–Crippen LogP) is 1.72. The van der Waals surface area contributed by atoms with Crippen molar-refractivity contribution < 1.29 is 14.6 Å². The van der Waals surface area contributed by atoms with Crippen LogP contribution in [0.5, 0.6) is 0 Å². The van der Waals surface area contributed by atoms with Crippen LogP contribution in [0.3, 0.4) is 0 Å². The molecule has 2 N–H and O–H groups in total. The minimum absolute atomic E-state index is 0.00671. The number of ether oxygens (including phenoxy) is 1. The van der Waals surface area contributed by atoms with Crippen LogP contribution in [-0.4, -0.2) is 37.4 Å². The number of carbonyl (C=O) groups excluding carboxylic acids is 1. The van der Waals surface area contributed by atoms with Gasteiger partial charge >= 0.3 is 5.97 Å². The van der Waals surface area contributed by atoms with Crippen molar-refractivity contribution in [2.24, 2.45) is 5.41 Å². The molecule has 0 fully saturated rings. The van der Waals surface area contributed by atoms with Gasteiger partial charge in [-0.15, -0.1) is 0 Å². The molecule has 0 saturated heterocycles. The van der Waals surface area contributed by atoms with Gasteiger partial charge in [0.1, 0.15) is 6.04 Å². The van der Waals surface area contributed by atoms with E-state index >= 15 is 0 Å². The van der Waals surface area contributed by atoms with Crippen molar-refractivity contribution in [3.05, 3.63) is 0 Å². The highest BCUT2D eigenvalue weighted by Crippen LogP contribution is 2.18. The van der Waals surface area contributed by atoms with Crippen LogP contribution < -0.4 is 5.32 Å². The highest BCUT2D eigenvalue weighted by molar-refractivity contribution is 5.75. The van der Waals surface area contributed by atoms with E-state index in [1.807, 2.05) is 0 Å². The fraction of sp³-hybridized carbons (Fsp3) is 0.923. The summed E-state index contributed by atoms with van der Waals surface area (Å²) in [5, 5.41) is 12.2. The molecule has 0 bridgehead atoms. The largest absolute Gasteiger partial charge is 0.468 e. The summed E-state index contributed by atoms with van der Waals surface area (Å²) < 4.78 is 4.78. The number of nitrogens with one attached hydrogen (secondary N) is 1. The van der Waals surface area contributed by atoms with Crippen LogP contribution in [0.2, 0.25) is 0 Å². The number of aliphatic hydroxyl groups excluding tert-OH is 1. The van der Waals surface area contributed by atoms with E-state index < -0.39 is 0 Å². The second kappa shape index (κ2) is 8.48. The molecular weight excluding hydrogens is 218 g/mol. The summed E-state index contributed by atoms with van der Waals surface area (Å²) >= 11 is 0. The Kier molecular flexibility index (Phi) is 8.17. The fourth-order valence-corrected chi connectivity index (χ4v) is 1.64. The Labute approximate surface area is 105 Å². The van der Waals surface area contributed by atoms with Gasteiger partial charge in [-0.25, -0.2) is 0 Å². The van der Waals surface area contributed by atoms with E-state index in [4.69, 9.17) is 9.84 Å². The summed E-state index contributed by atoms with van der Waals surface area (Å²) in [5.74, 6) is -0.196. The summed E-state index contributed by atoms with van der Waals surface area (Å²) in [4.78, 5) is 11.6. The van der Waals surface area contributed by atoms with Gasteiger partial charge in [-0.2, -0.15) is 0 Å². The Balaban J connectivity index is 4.19. The molecular formula is C13H27NO3. The Hall–Kier alpha value is -0.610. The third-order valence-corrected chi connectivity index (χ3v) is 2.95. The van der Waals surface area contributed by atoms with Crippen LogP contribution in [0.4, 0.5) is 0 Å². The number of hydrogen-bond acceptors (Lipinski definition) is 4. The Morgan fingerprint density at radius 3 is 2.59 bits per heavy atom. The Morgan fingerprint density at radius 1 is 1.47 bits per heavy atom. The van der Waals surface area contributed by atoms with Crippen molar-refractivity contribution in [2.75, 3.05) is 20.3 Å². The maximum absolute atomic E-state index is 11.6. The minimum atomic E-state index is -0.224. The predicted molar refractivity (Wildman–Crippen MR) is 68.8 cm³/mol. The van der Waals surface area contributed by atoms with Crippen molar-refractivity contribution in [3.63, 3.8) is 0 Å². The standard InChI is InChI=1S/C13H27NO3/c1-5-6-7-11(12(16)17-4)14-10-13(2,3)8-9-15/h11,14-15H,5-10H2,1-4H3. The molecule has 4 nitrogen and oxygen atoms in total. The van der Waals surface area contributed by atoms with Crippen LogP contribution in [-0.2, 0) is 9.53 Å². The normalized spacial score (nSPS) is 13.5. The molecule has 0 saturated carbocycles. The Bertz CT molecular complexity index is 217. The van der Waals surface area contributed by atoms with Crippen LogP contribution in [0.25, 0.3) is 0 Å². The highest BCUT2D eigenvalue weighted by atomic mass is 16.5. The molecule has 102 valence electrons. The van der Waals surface area contributed by atoms with Crippen LogP contribution in [0, 0.1) is 5.41 Å². The molecule has 0 aliphatic carbocycles. The van der Waals surface area contributed by atoms with Gasteiger partial charge in [-0.05, 0) is 18.3 Å². The lowest BCUT2D eigenvalue weighted by atomic mass is 9.89. The molecule has 0 amide bonds. The van der Waals surface area contributed by atoms with E-state index in [1.165, 1.54) is 7.11 Å². The van der Waals surface area contributed by atoms with E-state index in [0.717, 1.165) is 25.7 Å². The summed E-state index contributed by atoms with van der Waals surface area (Å²) in [5.41, 5.74) is -0.00671. The molecule has 0 rings (SSSR count). The second-order valence-electron chi connectivity index (χ2n) is 5.24. The first-order valence-electron chi connectivity index (χ1n) is 6.39. The van der Waals surface area contributed by atoms with Crippen molar-refractivity contribution in [1.82, 2.24) is 5.32 Å². The summed E-state index contributed by atoms with van der Waals surface area (Å²) in [6.07, 6.45) is 3.60. The second-order valence-corrected chi connectivity index (χ2v) is 5.24. The Morgan fingerprint density at radius 2 is 2.12 bits per heavy atom. The van der Waals surface area contributed by atoms with Crippen LogP contribution in [0.15, 0.2) is 0 Å². The summed E-state index contributed by atoms with van der Waals surface area (Å²) in [7, 11) is 1.42. The molecule has 0 aliphatic heterocycles. The molecule has 4 heteroatoms. The first-order chi connectivity index (χ1) is 7.96. The van der Waals surface area contributed by atoms with E-state index in [2.05, 4.69) is 26.1 Å². The van der Waals surface area contributed by atoms with Gasteiger partial charge in [0.2, 0.25) is 0 Å². The number of hydrogen-bond donors (Lipinski definition) is 2. The number of carbonyl (C=O) groups is 1. The number of esters is 1. The molecule has 0 aromatic carbocycles. The molecule has 0 radical (unpaired) electrons. The lowest BCUT2D eigenvalue weighted by molar-refractivity contribution is -0.143. The zero-order chi connectivity index (χ0) is 13.3. The average Bonchev–Trinajstić information content (AvgIpc) is 2.28. The summed E-state index contributed by atoms with van der Waals surface area (Å²) in [6, 6.07) is -0.224.